The highest BCUT2D eigenvalue weighted by molar-refractivity contribution is 6.08. The summed E-state index contributed by atoms with van der Waals surface area (Å²) < 4.78 is 7.20. The smallest absolute Gasteiger partial charge is 0.229 e. The van der Waals surface area contributed by atoms with E-state index < -0.39 is 0 Å². The summed E-state index contributed by atoms with van der Waals surface area (Å²) in [6.45, 7) is 1.05. The number of carbonyl (C=O) groups excluding carboxylic acids is 2. The summed E-state index contributed by atoms with van der Waals surface area (Å²) in [5.41, 5.74) is 2.20. The third-order valence-electron chi connectivity index (χ3n) is 4.61. The number of hydrogen-bond donors (Lipinski definition) is 1. The molecule has 3 heterocycles. The average molecular weight is 334 g/mol. The predicted molar refractivity (Wildman–Crippen MR) is 92.2 cm³/mol. The molecule has 1 amide bonds. The molecule has 0 saturated heterocycles. The van der Waals surface area contributed by atoms with Gasteiger partial charge in [0.1, 0.15) is 5.76 Å². The Kier molecular flexibility index (Phi) is 3.98. The third-order valence-corrected chi connectivity index (χ3v) is 4.61. The normalized spacial score (nSPS) is 15.8. The molecule has 0 spiro atoms. The Balaban J connectivity index is 1.51. The lowest BCUT2D eigenvalue weighted by molar-refractivity contribution is -0.122. The number of rotatable bonds is 5. The summed E-state index contributed by atoms with van der Waals surface area (Å²) in [5, 5.41) is 2.91. The average Bonchev–Trinajstić information content (AvgIpc) is 3.37. The number of hydrogen-bond acceptors (Lipinski definition) is 3. The number of amides is 1. The van der Waals surface area contributed by atoms with Crippen LogP contribution in [0.3, 0.4) is 0 Å². The Morgan fingerprint density at radius 3 is 2.68 bits per heavy atom. The maximum Gasteiger partial charge on any atom is 0.229 e. The molecule has 0 bridgehead atoms. The van der Waals surface area contributed by atoms with Crippen molar-refractivity contribution in [3.63, 3.8) is 0 Å². The largest absolute Gasteiger partial charge is 0.467 e. The van der Waals surface area contributed by atoms with Crippen LogP contribution in [0.15, 0.2) is 65.3 Å². The van der Waals surface area contributed by atoms with Gasteiger partial charge in [0.05, 0.1) is 24.4 Å². The molecule has 1 aromatic carbocycles. The molecule has 5 heteroatoms. The maximum atomic E-state index is 12.7. The third kappa shape index (κ3) is 2.89. The highest BCUT2D eigenvalue weighted by Gasteiger charge is 2.31. The molecule has 3 aromatic rings. The van der Waals surface area contributed by atoms with Gasteiger partial charge < -0.3 is 14.3 Å². The van der Waals surface area contributed by atoms with E-state index >= 15 is 0 Å². The molecule has 25 heavy (non-hydrogen) atoms. The Labute approximate surface area is 145 Å². The van der Waals surface area contributed by atoms with E-state index in [1.165, 1.54) is 0 Å². The molecule has 0 fully saturated rings. The lowest BCUT2D eigenvalue weighted by Crippen LogP contribution is -2.27. The van der Waals surface area contributed by atoms with Crippen LogP contribution in [0.4, 0.5) is 0 Å². The van der Waals surface area contributed by atoms with Crippen molar-refractivity contribution in [1.82, 2.24) is 9.88 Å². The van der Waals surface area contributed by atoms with Gasteiger partial charge in [-0.25, -0.2) is 0 Å². The number of furan rings is 1. The molecule has 126 valence electrons. The zero-order valence-electron chi connectivity index (χ0n) is 13.6. The molecular formula is C20H18N2O3. The first-order chi connectivity index (χ1) is 12.2. The summed E-state index contributed by atoms with van der Waals surface area (Å²) in [6.07, 6.45) is 2.29. The van der Waals surface area contributed by atoms with Gasteiger partial charge in [0.25, 0.3) is 0 Å². The molecule has 5 nitrogen and oxygen atoms in total. The Hall–Kier alpha value is -3.08. The van der Waals surface area contributed by atoms with Crippen LogP contribution in [-0.4, -0.2) is 16.3 Å². The summed E-state index contributed by atoms with van der Waals surface area (Å²) in [4.78, 5) is 25.2. The van der Waals surface area contributed by atoms with E-state index in [0.717, 1.165) is 11.5 Å². The van der Waals surface area contributed by atoms with Crippen molar-refractivity contribution in [2.45, 2.75) is 25.4 Å². The summed E-state index contributed by atoms with van der Waals surface area (Å²) in [6, 6.07) is 16.5. The predicted octanol–water partition coefficient (Wildman–Crippen LogP) is 3.12. The van der Waals surface area contributed by atoms with Crippen molar-refractivity contribution in [3.05, 3.63) is 83.6 Å². The highest BCUT2D eigenvalue weighted by Crippen LogP contribution is 2.31. The first kappa shape index (κ1) is 15.4. The van der Waals surface area contributed by atoms with Gasteiger partial charge in [-0.1, -0.05) is 30.3 Å². The molecule has 1 N–H and O–H groups in total. The van der Waals surface area contributed by atoms with Crippen LogP contribution in [-0.2, 0) is 17.9 Å². The van der Waals surface area contributed by atoms with Crippen molar-refractivity contribution in [2.24, 2.45) is 0 Å². The monoisotopic (exact) mass is 334 g/mol. The van der Waals surface area contributed by atoms with Crippen LogP contribution in [0.1, 0.15) is 39.8 Å². The van der Waals surface area contributed by atoms with Crippen molar-refractivity contribution >= 4 is 11.7 Å². The van der Waals surface area contributed by atoms with Crippen LogP contribution in [0, 0.1) is 0 Å². The molecule has 1 aliphatic rings. The van der Waals surface area contributed by atoms with E-state index in [0.29, 0.717) is 30.8 Å². The van der Waals surface area contributed by atoms with E-state index in [2.05, 4.69) is 5.32 Å². The number of fused-ring (bicyclic) bond motifs is 1. The van der Waals surface area contributed by atoms with E-state index in [-0.39, 0.29) is 17.6 Å². The van der Waals surface area contributed by atoms with Gasteiger partial charge in [-0.15, -0.1) is 0 Å². The first-order valence-electron chi connectivity index (χ1n) is 8.33. The standard InChI is InChI=1S/C20H18N2O3/c23-19(14-5-2-1-3-6-14)18-9-8-17-16(10-11-22(17)18)20(24)21-13-15-7-4-12-25-15/h1-9,12,16H,10-11,13H2,(H,21,24)/t16-/m1/s1. The SMILES string of the molecule is O=C(c1ccccc1)c1ccc2n1CC[C@H]2C(=O)NCc1ccco1. The van der Waals surface area contributed by atoms with Crippen LogP contribution in [0.2, 0.25) is 0 Å². The fraction of sp³-hybridized carbons (Fsp3) is 0.200. The van der Waals surface area contributed by atoms with E-state index in [4.69, 9.17) is 4.42 Å². The summed E-state index contributed by atoms with van der Waals surface area (Å²) in [7, 11) is 0. The number of benzene rings is 1. The fourth-order valence-electron chi connectivity index (χ4n) is 3.35. The number of ketones is 1. The van der Waals surface area contributed by atoms with Gasteiger partial charge in [-0.05, 0) is 30.7 Å². The van der Waals surface area contributed by atoms with Crippen molar-refractivity contribution in [1.29, 1.82) is 0 Å². The van der Waals surface area contributed by atoms with Crippen molar-refractivity contribution in [3.8, 4) is 0 Å². The first-order valence-corrected chi connectivity index (χ1v) is 8.33. The molecule has 4 rings (SSSR count). The lowest BCUT2D eigenvalue weighted by Gasteiger charge is -2.09. The maximum absolute atomic E-state index is 12.7. The fourth-order valence-corrected chi connectivity index (χ4v) is 3.35. The zero-order chi connectivity index (χ0) is 17.2. The molecule has 0 unspecified atom stereocenters. The van der Waals surface area contributed by atoms with E-state index in [1.54, 1.807) is 12.3 Å². The van der Waals surface area contributed by atoms with Gasteiger partial charge >= 0.3 is 0 Å². The van der Waals surface area contributed by atoms with Crippen molar-refractivity contribution in [2.75, 3.05) is 0 Å². The molecule has 2 aromatic heterocycles. The highest BCUT2D eigenvalue weighted by atomic mass is 16.3. The molecule has 1 aliphatic heterocycles. The van der Waals surface area contributed by atoms with E-state index in [1.807, 2.05) is 53.1 Å². The van der Waals surface area contributed by atoms with Gasteiger partial charge in [0, 0.05) is 17.8 Å². The summed E-state index contributed by atoms with van der Waals surface area (Å²) in [5.74, 6) is 0.449. The van der Waals surface area contributed by atoms with Crippen LogP contribution >= 0.6 is 0 Å². The van der Waals surface area contributed by atoms with Gasteiger partial charge in [0.15, 0.2) is 0 Å². The van der Waals surface area contributed by atoms with Gasteiger partial charge in [0.2, 0.25) is 11.7 Å². The van der Waals surface area contributed by atoms with Crippen molar-refractivity contribution < 1.29 is 14.0 Å². The Morgan fingerprint density at radius 2 is 1.92 bits per heavy atom. The van der Waals surface area contributed by atoms with E-state index in [9.17, 15) is 9.59 Å². The zero-order valence-corrected chi connectivity index (χ0v) is 13.6. The molecular weight excluding hydrogens is 316 g/mol. The molecule has 1 atom stereocenters. The van der Waals surface area contributed by atoms with Gasteiger partial charge in [-0.3, -0.25) is 9.59 Å². The quantitative estimate of drug-likeness (QED) is 0.729. The number of aromatic nitrogens is 1. The lowest BCUT2D eigenvalue weighted by atomic mass is 10.0. The summed E-state index contributed by atoms with van der Waals surface area (Å²) >= 11 is 0. The second kappa shape index (κ2) is 6.43. The second-order valence-electron chi connectivity index (χ2n) is 6.13. The van der Waals surface area contributed by atoms with Crippen LogP contribution in [0.25, 0.3) is 0 Å². The topological polar surface area (TPSA) is 64.2 Å². The Morgan fingerprint density at radius 1 is 1.08 bits per heavy atom. The minimum absolute atomic E-state index is 0.0107. The van der Waals surface area contributed by atoms with Gasteiger partial charge in [-0.2, -0.15) is 0 Å². The number of nitrogens with one attached hydrogen (secondary N) is 1. The Bertz CT molecular complexity index is 894. The number of nitrogens with zero attached hydrogens (tertiary/aromatic N) is 1. The molecule has 0 aliphatic carbocycles. The van der Waals surface area contributed by atoms with Crippen LogP contribution < -0.4 is 5.32 Å². The second-order valence-corrected chi connectivity index (χ2v) is 6.13. The molecule has 0 radical (unpaired) electrons. The van der Waals surface area contributed by atoms with Crippen LogP contribution in [0.5, 0.6) is 0 Å². The number of carbonyl (C=O) groups is 2. The minimum atomic E-state index is -0.229. The molecule has 0 saturated carbocycles. The minimum Gasteiger partial charge on any atom is -0.467 e.